The predicted octanol–water partition coefficient (Wildman–Crippen LogP) is 2.75. The molecule has 0 saturated carbocycles. The molecule has 0 aliphatic carbocycles. The van der Waals surface area contributed by atoms with E-state index in [0.29, 0.717) is 18.2 Å². The van der Waals surface area contributed by atoms with Crippen molar-refractivity contribution in [3.8, 4) is 0 Å². The van der Waals surface area contributed by atoms with E-state index < -0.39 is 0 Å². The fourth-order valence-corrected chi connectivity index (χ4v) is 3.16. The van der Waals surface area contributed by atoms with Crippen LogP contribution in [0.25, 0.3) is 0 Å². The van der Waals surface area contributed by atoms with Crippen molar-refractivity contribution in [3.05, 3.63) is 35.4 Å². The molecule has 3 nitrogen and oxygen atoms in total. The molecular weight excluding hydrogens is 248 g/mol. The quantitative estimate of drug-likeness (QED) is 0.864. The molecule has 0 bridgehead atoms. The Morgan fingerprint density at radius 1 is 1.45 bits per heavy atom. The van der Waals surface area contributed by atoms with E-state index in [1.807, 2.05) is 7.05 Å². The Balaban J connectivity index is 1.90. The molecule has 3 atom stereocenters. The molecule has 1 N–H and O–H groups in total. The number of rotatable bonds is 6. The van der Waals surface area contributed by atoms with Crippen molar-refractivity contribution in [2.45, 2.75) is 44.9 Å². The van der Waals surface area contributed by atoms with Crippen LogP contribution in [0.2, 0.25) is 0 Å². The van der Waals surface area contributed by atoms with Gasteiger partial charge in [-0.25, -0.2) is 0 Å². The molecule has 3 heteroatoms. The summed E-state index contributed by atoms with van der Waals surface area (Å²) in [4.78, 5) is 2.46. The first-order valence-electron chi connectivity index (χ1n) is 7.67. The van der Waals surface area contributed by atoms with E-state index in [2.05, 4.69) is 55.4 Å². The Morgan fingerprint density at radius 2 is 2.25 bits per heavy atom. The van der Waals surface area contributed by atoms with Gasteiger partial charge in [0, 0.05) is 25.2 Å². The molecule has 1 aromatic carbocycles. The lowest BCUT2D eigenvalue weighted by atomic mass is 10.0. The molecule has 0 aromatic heterocycles. The minimum absolute atomic E-state index is 0.368. The average molecular weight is 276 g/mol. The maximum Gasteiger partial charge on any atom is 0.0702 e. The fraction of sp³-hybridized carbons (Fsp3) is 0.647. The molecule has 1 fully saturated rings. The van der Waals surface area contributed by atoms with Crippen LogP contribution in [-0.2, 0) is 4.74 Å². The third kappa shape index (κ3) is 3.81. The third-order valence-corrected chi connectivity index (χ3v) is 4.47. The first-order valence-corrected chi connectivity index (χ1v) is 7.67. The molecule has 0 radical (unpaired) electrons. The number of likely N-dealkylation sites (N-methyl/N-ethyl adjacent to an activating group) is 1. The van der Waals surface area contributed by atoms with E-state index in [1.54, 1.807) is 0 Å². The highest BCUT2D eigenvalue weighted by Gasteiger charge is 2.27. The summed E-state index contributed by atoms with van der Waals surface area (Å²) in [5, 5.41) is 3.44. The lowest BCUT2D eigenvalue weighted by molar-refractivity contribution is 0.0824. The highest BCUT2D eigenvalue weighted by Crippen LogP contribution is 2.22. The van der Waals surface area contributed by atoms with E-state index in [4.69, 9.17) is 4.74 Å². The van der Waals surface area contributed by atoms with E-state index >= 15 is 0 Å². The van der Waals surface area contributed by atoms with Crippen LogP contribution in [-0.4, -0.2) is 44.3 Å². The molecular formula is C17H28N2O. The van der Waals surface area contributed by atoms with Gasteiger partial charge in [-0.05, 0) is 46.3 Å². The summed E-state index contributed by atoms with van der Waals surface area (Å²) >= 11 is 0. The van der Waals surface area contributed by atoms with Gasteiger partial charge in [-0.15, -0.1) is 0 Å². The summed E-state index contributed by atoms with van der Waals surface area (Å²) in [6, 6.07) is 9.80. The van der Waals surface area contributed by atoms with E-state index in [0.717, 1.165) is 26.0 Å². The van der Waals surface area contributed by atoms with E-state index in [9.17, 15) is 0 Å². The maximum absolute atomic E-state index is 5.66. The molecule has 112 valence electrons. The molecule has 1 heterocycles. The highest BCUT2D eigenvalue weighted by molar-refractivity contribution is 5.25. The average Bonchev–Trinajstić information content (AvgIpc) is 2.85. The Hall–Kier alpha value is -0.900. The number of hydrogen-bond donors (Lipinski definition) is 1. The predicted molar refractivity (Wildman–Crippen MR) is 84.0 cm³/mol. The Morgan fingerprint density at radius 3 is 2.85 bits per heavy atom. The number of nitrogens with one attached hydrogen (secondary N) is 1. The Bertz CT molecular complexity index is 421. The summed E-state index contributed by atoms with van der Waals surface area (Å²) < 4.78 is 5.66. The van der Waals surface area contributed by atoms with Crippen molar-refractivity contribution >= 4 is 0 Å². The maximum atomic E-state index is 5.66. The van der Waals surface area contributed by atoms with Crippen LogP contribution in [0.5, 0.6) is 0 Å². The van der Waals surface area contributed by atoms with Crippen LogP contribution in [0.1, 0.15) is 36.9 Å². The summed E-state index contributed by atoms with van der Waals surface area (Å²) in [5.41, 5.74) is 2.71. The second-order valence-corrected chi connectivity index (χ2v) is 5.96. The number of nitrogens with zero attached hydrogens (tertiary/aromatic N) is 1. The van der Waals surface area contributed by atoms with Crippen LogP contribution >= 0.6 is 0 Å². The van der Waals surface area contributed by atoms with Gasteiger partial charge in [-0.1, -0.05) is 29.8 Å². The van der Waals surface area contributed by atoms with Gasteiger partial charge in [-0.2, -0.15) is 0 Å². The Labute approximate surface area is 123 Å². The van der Waals surface area contributed by atoms with Gasteiger partial charge in [0.05, 0.1) is 6.10 Å². The SMILES string of the molecule is CNC(CCN(C)C1CCOC1C)c1cccc(C)c1. The lowest BCUT2D eigenvalue weighted by Crippen LogP contribution is -2.38. The standard InChI is InChI=1S/C17H28N2O/c1-13-6-5-7-15(12-13)16(18-3)8-10-19(4)17-9-11-20-14(17)2/h5-7,12,14,16-18H,8-11H2,1-4H3. The van der Waals surface area contributed by atoms with Gasteiger partial charge < -0.3 is 15.0 Å². The first kappa shape index (κ1) is 15.5. The molecule has 1 aromatic rings. The van der Waals surface area contributed by atoms with Crippen LogP contribution in [0.4, 0.5) is 0 Å². The van der Waals surface area contributed by atoms with E-state index in [1.165, 1.54) is 11.1 Å². The zero-order chi connectivity index (χ0) is 14.5. The first-order chi connectivity index (χ1) is 9.61. The molecule has 0 spiro atoms. The van der Waals surface area contributed by atoms with Crippen molar-refractivity contribution in [3.63, 3.8) is 0 Å². The molecule has 1 aliphatic heterocycles. The van der Waals surface area contributed by atoms with Gasteiger partial charge in [0.25, 0.3) is 0 Å². The van der Waals surface area contributed by atoms with Gasteiger partial charge in [0.1, 0.15) is 0 Å². The van der Waals surface area contributed by atoms with Crippen LogP contribution in [0.15, 0.2) is 24.3 Å². The second kappa shape index (κ2) is 7.21. The number of hydrogen-bond acceptors (Lipinski definition) is 3. The molecule has 1 aliphatic rings. The van der Waals surface area contributed by atoms with Gasteiger partial charge in [0.15, 0.2) is 0 Å². The van der Waals surface area contributed by atoms with Crippen molar-refractivity contribution in [2.24, 2.45) is 0 Å². The van der Waals surface area contributed by atoms with Crippen molar-refractivity contribution < 1.29 is 4.74 Å². The highest BCUT2D eigenvalue weighted by atomic mass is 16.5. The smallest absolute Gasteiger partial charge is 0.0702 e. The van der Waals surface area contributed by atoms with Crippen LogP contribution < -0.4 is 5.32 Å². The number of benzene rings is 1. The molecule has 0 amide bonds. The molecule has 20 heavy (non-hydrogen) atoms. The summed E-state index contributed by atoms with van der Waals surface area (Å²) in [7, 11) is 4.27. The summed E-state index contributed by atoms with van der Waals surface area (Å²) in [6.07, 6.45) is 2.65. The Kier molecular flexibility index (Phi) is 5.58. The largest absolute Gasteiger partial charge is 0.377 e. The van der Waals surface area contributed by atoms with Crippen molar-refractivity contribution in [1.29, 1.82) is 0 Å². The van der Waals surface area contributed by atoms with E-state index in [-0.39, 0.29) is 0 Å². The second-order valence-electron chi connectivity index (χ2n) is 5.96. The zero-order valence-electron chi connectivity index (χ0n) is 13.2. The normalized spacial score (nSPS) is 24.2. The summed E-state index contributed by atoms with van der Waals surface area (Å²) in [6.45, 7) is 6.34. The van der Waals surface area contributed by atoms with Gasteiger partial charge >= 0.3 is 0 Å². The van der Waals surface area contributed by atoms with Crippen LogP contribution in [0.3, 0.4) is 0 Å². The number of aryl methyl sites for hydroxylation is 1. The minimum Gasteiger partial charge on any atom is -0.377 e. The minimum atomic E-state index is 0.368. The molecule has 3 unspecified atom stereocenters. The molecule has 2 rings (SSSR count). The zero-order valence-corrected chi connectivity index (χ0v) is 13.2. The van der Waals surface area contributed by atoms with Crippen molar-refractivity contribution in [2.75, 3.05) is 27.2 Å². The number of ether oxygens (including phenoxy) is 1. The van der Waals surface area contributed by atoms with Gasteiger partial charge in [0.2, 0.25) is 0 Å². The van der Waals surface area contributed by atoms with Gasteiger partial charge in [-0.3, -0.25) is 0 Å². The van der Waals surface area contributed by atoms with Crippen LogP contribution in [0, 0.1) is 6.92 Å². The summed E-state index contributed by atoms with van der Waals surface area (Å²) in [5.74, 6) is 0. The topological polar surface area (TPSA) is 24.5 Å². The lowest BCUT2D eigenvalue weighted by Gasteiger charge is -2.28. The monoisotopic (exact) mass is 276 g/mol. The molecule has 1 saturated heterocycles. The fourth-order valence-electron chi connectivity index (χ4n) is 3.16. The third-order valence-electron chi connectivity index (χ3n) is 4.47. The van der Waals surface area contributed by atoms with Crippen molar-refractivity contribution in [1.82, 2.24) is 10.2 Å².